The van der Waals surface area contributed by atoms with Crippen molar-refractivity contribution in [3.63, 3.8) is 0 Å². The zero-order valence-corrected chi connectivity index (χ0v) is 11.8. The van der Waals surface area contributed by atoms with Gasteiger partial charge in [-0.15, -0.1) is 0 Å². The molecule has 1 aromatic carbocycles. The lowest BCUT2D eigenvalue weighted by molar-refractivity contribution is 0.0914. The Kier molecular flexibility index (Phi) is 4.05. The van der Waals surface area contributed by atoms with Gasteiger partial charge in [0.1, 0.15) is 11.9 Å². The maximum absolute atomic E-state index is 10.2. The number of hydrogen-bond donors (Lipinski definition) is 1. The van der Waals surface area contributed by atoms with Gasteiger partial charge in [0.15, 0.2) is 0 Å². The van der Waals surface area contributed by atoms with E-state index in [1.807, 2.05) is 24.3 Å². The third-order valence-corrected chi connectivity index (χ3v) is 3.70. The Morgan fingerprint density at radius 2 is 2.12 bits per heavy atom. The predicted octanol–water partition coefficient (Wildman–Crippen LogP) is 3.94. The van der Waals surface area contributed by atoms with Crippen LogP contribution in [0, 0.1) is 0 Å². The topological polar surface area (TPSA) is 29.5 Å². The van der Waals surface area contributed by atoms with Crippen molar-refractivity contribution < 1.29 is 9.84 Å². The van der Waals surface area contributed by atoms with Crippen molar-refractivity contribution in [3.8, 4) is 0 Å². The maximum Gasteiger partial charge on any atom is 0.137 e. The minimum absolute atomic E-state index is 0.657. The first kappa shape index (κ1) is 12.1. The van der Waals surface area contributed by atoms with E-state index in [-0.39, 0.29) is 0 Å². The van der Waals surface area contributed by atoms with Crippen LogP contribution < -0.4 is 0 Å². The summed E-state index contributed by atoms with van der Waals surface area (Å²) < 4.78 is 7.30. The number of ether oxygens (including phenoxy) is 1. The average Bonchev–Trinajstić information content (AvgIpc) is 2.32. The average molecular weight is 348 g/mol. The fourth-order valence-electron chi connectivity index (χ4n) is 1.64. The van der Waals surface area contributed by atoms with Crippen LogP contribution in [0.3, 0.4) is 0 Å². The van der Waals surface area contributed by atoms with E-state index in [9.17, 15) is 5.11 Å². The van der Waals surface area contributed by atoms with Gasteiger partial charge in [-0.25, -0.2) is 0 Å². The van der Waals surface area contributed by atoms with Gasteiger partial charge in [-0.3, -0.25) is 0 Å². The van der Waals surface area contributed by atoms with E-state index in [1.165, 1.54) is 0 Å². The van der Waals surface area contributed by atoms with Crippen molar-refractivity contribution in [3.05, 3.63) is 44.5 Å². The molecule has 0 aliphatic carbocycles. The van der Waals surface area contributed by atoms with Crippen molar-refractivity contribution >= 4 is 31.9 Å². The Bertz CT molecular complexity index is 415. The van der Waals surface area contributed by atoms with E-state index in [2.05, 4.69) is 31.9 Å². The Hall–Kier alpha value is -0.320. The van der Waals surface area contributed by atoms with Crippen LogP contribution in [0.4, 0.5) is 0 Å². The predicted molar refractivity (Wildman–Crippen MR) is 70.1 cm³/mol. The first-order valence-corrected chi connectivity index (χ1v) is 6.73. The van der Waals surface area contributed by atoms with Crippen LogP contribution in [0.2, 0.25) is 0 Å². The summed E-state index contributed by atoms with van der Waals surface area (Å²) in [6.45, 7) is 0.689. The fraction of sp³-hybridized carbons (Fsp3) is 0.333. The summed E-state index contributed by atoms with van der Waals surface area (Å²) in [6.07, 6.45) is 3.27. The maximum atomic E-state index is 10.2. The molecule has 1 atom stereocenters. The highest BCUT2D eigenvalue weighted by molar-refractivity contribution is 9.11. The number of hydrogen-bond acceptors (Lipinski definition) is 2. The minimum atomic E-state index is -0.688. The molecule has 0 spiro atoms. The van der Waals surface area contributed by atoms with Gasteiger partial charge < -0.3 is 9.84 Å². The van der Waals surface area contributed by atoms with Crippen molar-refractivity contribution in [1.29, 1.82) is 0 Å². The second kappa shape index (κ2) is 5.34. The standard InChI is InChI=1S/C12H12Br2O2/c13-8-4-5-10(14)9(7-8)12(15)11-3-1-2-6-16-11/h3-5,7,12,15H,1-2,6H2. The van der Waals surface area contributed by atoms with Crippen LogP contribution in [-0.4, -0.2) is 11.7 Å². The lowest BCUT2D eigenvalue weighted by atomic mass is 10.1. The Morgan fingerprint density at radius 1 is 1.31 bits per heavy atom. The molecule has 0 bridgehead atoms. The molecule has 0 saturated heterocycles. The van der Waals surface area contributed by atoms with E-state index in [0.29, 0.717) is 12.4 Å². The van der Waals surface area contributed by atoms with E-state index >= 15 is 0 Å². The molecule has 0 aromatic heterocycles. The molecule has 4 heteroatoms. The lowest BCUT2D eigenvalue weighted by Crippen LogP contribution is -2.10. The zero-order chi connectivity index (χ0) is 11.5. The van der Waals surface area contributed by atoms with Gasteiger partial charge in [0.2, 0.25) is 0 Å². The largest absolute Gasteiger partial charge is 0.495 e. The Labute approximate surface area is 112 Å². The molecule has 1 aliphatic rings. The monoisotopic (exact) mass is 346 g/mol. The first-order chi connectivity index (χ1) is 7.68. The van der Waals surface area contributed by atoms with Crippen molar-refractivity contribution in [2.75, 3.05) is 6.61 Å². The molecule has 1 aliphatic heterocycles. The number of aliphatic hydroxyl groups is 1. The molecule has 1 unspecified atom stereocenters. The molecule has 0 fully saturated rings. The number of allylic oxidation sites excluding steroid dienone is 1. The van der Waals surface area contributed by atoms with Crippen molar-refractivity contribution in [2.45, 2.75) is 18.9 Å². The highest BCUT2D eigenvalue weighted by atomic mass is 79.9. The van der Waals surface area contributed by atoms with E-state index in [0.717, 1.165) is 27.4 Å². The van der Waals surface area contributed by atoms with E-state index in [1.54, 1.807) is 0 Å². The number of rotatable bonds is 2. The first-order valence-electron chi connectivity index (χ1n) is 5.14. The van der Waals surface area contributed by atoms with Crippen LogP contribution in [0.25, 0.3) is 0 Å². The zero-order valence-electron chi connectivity index (χ0n) is 8.62. The number of halogens is 2. The fourth-order valence-corrected chi connectivity index (χ4v) is 2.49. The third kappa shape index (κ3) is 2.67. The summed E-state index contributed by atoms with van der Waals surface area (Å²) in [5.74, 6) is 0.657. The third-order valence-electron chi connectivity index (χ3n) is 2.48. The van der Waals surface area contributed by atoms with Crippen LogP contribution in [-0.2, 0) is 4.74 Å². The van der Waals surface area contributed by atoms with Crippen molar-refractivity contribution in [2.24, 2.45) is 0 Å². The van der Waals surface area contributed by atoms with Crippen LogP contribution in [0.1, 0.15) is 24.5 Å². The molecule has 16 heavy (non-hydrogen) atoms. The molecular formula is C12H12Br2O2. The number of benzene rings is 1. The summed E-state index contributed by atoms with van der Waals surface area (Å²) in [6, 6.07) is 5.73. The van der Waals surface area contributed by atoms with Crippen LogP contribution >= 0.6 is 31.9 Å². The van der Waals surface area contributed by atoms with Gasteiger partial charge in [-0.1, -0.05) is 31.9 Å². The Morgan fingerprint density at radius 3 is 2.81 bits per heavy atom. The molecule has 0 radical (unpaired) electrons. The van der Waals surface area contributed by atoms with Gasteiger partial charge in [-0.05, 0) is 37.1 Å². The summed E-state index contributed by atoms with van der Waals surface area (Å²) in [7, 11) is 0. The van der Waals surface area contributed by atoms with Crippen LogP contribution in [0.15, 0.2) is 39.0 Å². The summed E-state index contributed by atoms with van der Waals surface area (Å²) in [4.78, 5) is 0. The highest BCUT2D eigenvalue weighted by Crippen LogP contribution is 2.32. The minimum Gasteiger partial charge on any atom is -0.495 e. The molecule has 1 aromatic rings. The summed E-state index contributed by atoms with van der Waals surface area (Å²) in [5, 5.41) is 10.2. The highest BCUT2D eigenvalue weighted by Gasteiger charge is 2.19. The van der Waals surface area contributed by atoms with Crippen LogP contribution in [0.5, 0.6) is 0 Å². The SMILES string of the molecule is OC(C1=CCCCO1)c1cc(Br)ccc1Br. The van der Waals surface area contributed by atoms with Gasteiger partial charge >= 0.3 is 0 Å². The van der Waals surface area contributed by atoms with Gasteiger partial charge in [0.25, 0.3) is 0 Å². The molecule has 2 rings (SSSR count). The molecule has 0 saturated carbocycles. The van der Waals surface area contributed by atoms with E-state index < -0.39 is 6.10 Å². The van der Waals surface area contributed by atoms with E-state index in [4.69, 9.17) is 4.74 Å². The molecular weight excluding hydrogens is 336 g/mol. The molecule has 1 heterocycles. The van der Waals surface area contributed by atoms with Gasteiger partial charge in [0.05, 0.1) is 6.61 Å². The summed E-state index contributed by atoms with van der Waals surface area (Å²) in [5.41, 5.74) is 0.822. The van der Waals surface area contributed by atoms with Crippen molar-refractivity contribution in [1.82, 2.24) is 0 Å². The second-order valence-corrected chi connectivity index (χ2v) is 5.44. The number of aliphatic hydroxyl groups excluding tert-OH is 1. The normalized spacial score (nSPS) is 17.6. The molecule has 0 amide bonds. The van der Waals surface area contributed by atoms with Gasteiger partial charge in [-0.2, -0.15) is 0 Å². The van der Waals surface area contributed by atoms with Gasteiger partial charge in [0, 0.05) is 14.5 Å². The second-order valence-electron chi connectivity index (χ2n) is 3.67. The smallest absolute Gasteiger partial charge is 0.137 e. The molecule has 2 nitrogen and oxygen atoms in total. The summed E-state index contributed by atoms with van der Waals surface area (Å²) >= 11 is 6.83. The quantitative estimate of drug-likeness (QED) is 0.878. The lowest BCUT2D eigenvalue weighted by Gasteiger charge is -2.21. The Balaban J connectivity index is 2.29. The molecule has 1 N–H and O–H groups in total. The molecule has 86 valence electrons.